The Kier molecular flexibility index (Phi) is 9.97. The number of hydrogen-bond acceptors (Lipinski definition) is 12. The van der Waals surface area contributed by atoms with E-state index in [9.17, 15) is 40.2 Å². The van der Waals surface area contributed by atoms with Gasteiger partial charge in [0.1, 0.15) is 23.1 Å². The first-order valence-corrected chi connectivity index (χ1v) is 20.0. The van der Waals surface area contributed by atoms with Gasteiger partial charge >= 0.3 is 0 Å². The number of phenolic OH excluding ortho intramolecular Hbond substituents is 6. The summed E-state index contributed by atoms with van der Waals surface area (Å²) < 4.78 is 2.13. The van der Waals surface area contributed by atoms with Crippen molar-refractivity contribution in [1.29, 1.82) is 0 Å². The molecule has 0 radical (unpaired) electrons. The minimum absolute atomic E-state index is 0.0727. The molecule has 0 aliphatic rings. The van der Waals surface area contributed by atoms with E-state index in [0.29, 0.717) is 54.8 Å². The van der Waals surface area contributed by atoms with Crippen LogP contribution in [0.2, 0.25) is 0 Å². The normalized spacial score (nSPS) is 12.2. The molecule has 62 heavy (non-hydrogen) atoms. The fourth-order valence-corrected chi connectivity index (χ4v) is 8.60. The zero-order valence-electron chi connectivity index (χ0n) is 35.3. The molecule has 0 unspecified atom stereocenters. The second kappa shape index (κ2) is 15.1. The minimum atomic E-state index is -0.594. The van der Waals surface area contributed by atoms with Crippen molar-refractivity contribution in [3.05, 3.63) is 126 Å². The highest BCUT2D eigenvalue weighted by atomic mass is 16.3. The van der Waals surface area contributed by atoms with Crippen LogP contribution in [-0.2, 0) is 0 Å². The number of aromatic nitrogens is 4. The molecule has 0 saturated carbocycles. The number of fused-ring (bicyclic) bond motifs is 4. The number of aromatic hydroxyl groups is 6. The molecule has 0 atom stereocenters. The van der Waals surface area contributed by atoms with E-state index in [1.165, 1.54) is 12.4 Å². The standard InChI is InChI=1S/C48H44N6O8/c1-21(2)35-29-17-23(5)37(43(57)39(29)31(41(55)45(35)59)19-49-53-25(7)51-33-15-11-9-13-27(33)47(53)61)38-24(6)18-30-36(22(3)4)46(60)42(56)32(40(30)44(38)58)20-50-54-26(8)52-34-16-12-10-14-28(34)48(54)62/h9-22,55-60H,1-8H3. The average Bonchev–Trinajstić information content (AvgIpc) is 3.21. The molecule has 0 aliphatic heterocycles. The Morgan fingerprint density at radius 3 is 1.23 bits per heavy atom. The Bertz CT molecular complexity index is 3190. The Hall–Kier alpha value is -7.74. The molecule has 8 rings (SSSR count). The van der Waals surface area contributed by atoms with E-state index in [1.807, 2.05) is 27.7 Å². The van der Waals surface area contributed by atoms with E-state index in [4.69, 9.17) is 0 Å². The lowest BCUT2D eigenvalue weighted by molar-refractivity contribution is 0.398. The van der Waals surface area contributed by atoms with Gasteiger partial charge in [0, 0.05) is 33.0 Å². The third kappa shape index (κ3) is 6.25. The van der Waals surface area contributed by atoms with Gasteiger partial charge in [-0.3, -0.25) is 9.59 Å². The molecule has 0 amide bonds. The third-order valence-corrected chi connectivity index (χ3v) is 11.4. The maximum absolute atomic E-state index is 13.6. The molecule has 14 heteroatoms. The average molecular weight is 833 g/mol. The largest absolute Gasteiger partial charge is 0.507 e. The van der Waals surface area contributed by atoms with Crippen LogP contribution in [0.5, 0.6) is 34.5 Å². The summed E-state index contributed by atoms with van der Waals surface area (Å²) in [5.74, 6) is -3.00. The van der Waals surface area contributed by atoms with Gasteiger partial charge in [-0.05, 0) is 85.7 Å². The quantitative estimate of drug-likeness (QED) is 0.0664. The van der Waals surface area contributed by atoms with Crippen molar-refractivity contribution in [2.45, 2.75) is 67.2 Å². The van der Waals surface area contributed by atoms with Crippen LogP contribution in [0.1, 0.15) is 84.6 Å². The Labute approximate surface area is 354 Å². The number of aryl methyl sites for hydroxylation is 4. The van der Waals surface area contributed by atoms with Crippen LogP contribution < -0.4 is 11.1 Å². The molecule has 0 spiro atoms. The Morgan fingerprint density at radius 2 is 0.871 bits per heavy atom. The monoisotopic (exact) mass is 832 g/mol. The molecule has 14 nitrogen and oxygen atoms in total. The summed E-state index contributed by atoms with van der Waals surface area (Å²) in [5, 5.41) is 81.7. The van der Waals surface area contributed by atoms with Gasteiger partial charge in [-0.15, -0.1) is 0 Å². The van der Waals surface area contributed by atoms with E-state index >= 15 is 0 Å². The molecular weight excluding hydrogens is 789 g/mol. The lowest BCUT2D eigenvalue weighted by atomic mass is 9.83. The van der Waals surface area contributed by atoms with Gasteiger partial charge in [0.2, 0.25) is 0 Å². The van der Waals surface area contributed by atoms with Crippen molar-refractivity contribution >= 4 is 55.8 Å². The van der Waals surface area contributed by atoms with Gasteiger partial charge in [0.25, 0.3) is 11.1 Å². The number of nitrogens with zero attached hydrogens (tertiary/aromatic N) is 6. The van der Waals surface area contributed by atoms with Crippen molar-refractivity contribution in [2.75, 3.05) is 0 Å². The summed E-state index contributed by atoms with van der Waals surface area (Å²) in [5.41, 5.74) is 1.72. The predicted octanol–water partition coefficient (Wildman–Crippen LogP) is 8.56. The van der Waals surface area contributed by atoms with Crippen LogP contribution in [-0.4, -0.2) is 62.4 Å². The highest BCUT2D eigenvalue weighted by Gasteiger charge is 2.30. The number of rotatable bonds is 7. The maximum atomic E-state index is 13.6. The molecule has 2 heterocycles. The van der Waals surface area contributed by atoms with Crippen molar-refractivity contribution < 1.29 is 30.6 Å². The second-order valence-corrected chi connectivity index (χ2v) is 16.1. The molecular formula is C48H44N6O8. The van der Waals surface area contributed by atoms with Gasteiger partial charge in [0.15, 0.2) is 23.0 Å². The molecule has 0 aliphatic carbocycles. The van der Waals surface area contributed by atoms with E-state index in [-0.39, 0.29) is 68.0 Å². The van der Waals surface area contributed by atoms with Gasteiger partial charge in [-0.2, -0.15) is 19.6 Å². The summed E-state index contributed by atoms with van der Waals surface area (Å²) >= 11 is 0. The molecule has 0 bridgehead atoms. The van der Waals surface area contributed by atoms with Crippen molar-refractivity contribution in [3.8, 4) is 45.6 Å². The fourth-order valence-electron chi connectivity index (χ4n) is 8.60. The molecule has 8 aromatic rings. The van der Waals surface area contributed by atoms with Crippen LogP contribution in [0.15, 0.2) is 80.5 Å². The number of phenols is 6. The minimum Gasteiger partial charge on any atom is -0.507 e. The number of para-hydroxylation sites is 2. The fraction of sp³-hybridized carbons (Fsp3) is 0.208. The summed E-state index contributed by atoms with van der Waals surface area (Å²) in [6.07, 6.45) is 2.35. The van der Waals surface area contributed by atoms with E-state index < -0.39 is 34.1 Å². The van der Waals surface area contributed by atoms with Crippen molar-refractivity contribution in [1.82, 2.24) is 19.3 Å². The lowest BCUT2D eigenvalue weighted by Gasteiger charge is -2.23. The predicted molar refractivity (Wildman–Crippen MR) is 242 cm³/mol. The summed E-state index contributed by atoms with van der Waals surface area (Å²) in [4.78, 5) is 36.1. The topological polar surface area (TPSA) is 216 Å². The second-order valence-electron chi connectivity index (χ2n) is 16.1. The zero-order chi connectivity index (χ0) is 44.6. The summed E-state index contributed by atoms with van der Waals surface area (Å²) in [6, 6.07) is 17.1. The molecule has 0 fully saturated rings. The highest BCUT2D eigenvalue weighted by Crippen LogP contribution is 2.54. The molecule has 2 aromatic heterocycles. The number of benzene rings is 6. The van der Waals surface area contributed by atoms with E-state index in [0.717, 1.165) is 9.35 Å². The maximum Gasteiger partial charge on any atom is 0.282 e. The first-order chi connectivity index (χ1) is 29.4. The Morgan fingerprint density at radius 1 is 0.516 bits per heavy atom. The van der Waals surface area contributed by atoms with Gasteiger partial charge in [0.05, 0.1) is 45.4 Å². The van der Waals surface area contributed by atoms with Crippen LogP contribution >= 0.6 is 0 Å². The van der Waals surface area contributed by atoms with Gasteiger partial charge < -0.3 is 30.6 Å². The van der Waals surface area contributed by atoms with Crippen LogP contribution in [0.4, 0.5) is 0 Å². The third-order valence-electron chi connectivity index (χ3n) is 11.4. The summed E-state index contributed by atoms with van der Waals surface area (Å²) in [7, 11) is 0. The van der Waals surface area contributed by atoms with Crippen LogP contribution in [0, 0.1) is 27.7 Å². The molecule has 314 valence electrons. The first-order valence-electron chi connectivity index (χ1n) is 20.0. The molecule has 6 aromatic carbocycles. The van der Waals surface area contributed by atoms with Crippen LogP contribution in [0.3, 0.4) is 0 Å². The SMILES string of the molecule is Cc1cc2c(C(C)C)c(O)c(O)c(C=Nn3c(C)nc4ccccc4c3=O)c2c(O)c1-c1c(C)cc2c(C(C)C)c(O)c(O)c(C=Nn3c(C)nc4ccccc4c3=O)c2c1O. The van der Waals surface area contributed by atoms with Crippen LogP contribution in [0.25, 0.3) is 54.5 Å². The smallest absolute Gasteiger partial charge is 0.282 e. The Balaban J connectivity index is 1.43. The highest BCUT2D eigenvalue weighted by molar-refractivity contribution is 6.15. The van der Waals surface area contributed by atoms with Gasteiger partial charge in [-0.1, -0.05) is 64.1 Å². The lowest BCUT2D eigenvalue weighted by Crippen LogP contribution is -2.20. The first kappa shape index (κ1) is 41.0. The van der Waals surface area contributed by atoms with E-state index in [2.05, 4.69) is 20.2 Å². The summed E-state index contributed by atoms with van der Waals surface area (Å²) in [6.45, 7) is 14.0. The molecule has 6 N–H and O–H groups in total. The van der Waals surface area contributed by atoms with Crippen molar-refractivity contribution in [3.63, 3.8) is 0 Å². The zero-order valence-corrected chi connectivity index (χ0v) is 35.3. The molecule has 0 saturated heterocycles. The van der Waals surface area contributed by atoms with E-state index in [1.54, 1.807) is 88.4 Å². The number of hydrogen-bond donors (Lipinski definition) is 6. The van der Waals surface area contributed by atoms with Gasteiger partial charge in [-0.25, -0.2) is 9.97 Å². The van der Waals surface area contributed by atoms with Crippen molar-refractivity contribution in [2.24, 2.45) is 10.2 Å².